The highest BCUT2D eigenvalue weighted by Crippen LogP contribution is 2.19. The third-order valence-electron chi connectivity index (χ3n) is 3.81. The van der Waals surface area contributed by atoms with E-state index in [0.717, 1.165) is 25.9 Å². The molecule has 5 heteroatoms. The van der Waals surface area contributed by atoms with Gasteiger partial charge in [-0.15, -0.1) is 11.3 Å². The van der Waals surface area contributed by atoms with Crippen LogP contribution in [0.4, 0.5) is 0 Å². The number of carbonyl (C=O) groups is 1. The van der Waals surface area contributed by atoms with E-state index in [0.29, 0.717) is 19.6 Å². The van der Waals surface area contributed by atoms with Crippen LogP contribution in [0.25, 0.3) is 0 Å². The third-order valence-corrected chi connectivity index (χ3v) is 4.67. The molecule has 2 heterocycles. The van der Waals surface area contributed by atoms with Gasteiger partial charge in [0, 0.05) is 24.6 Å². The summed E-state index contributed by atoms with van der Waals surface area (Å²) in [6.45, 7) is 4.62. The molecule has 1 saturated heterocycles. The highest BCUT2D eigenvalue weighted by Gasteiger charge is 2.26. The second-order valence-corrected chi connectivity index (χ2v) is 6.31. The second kappa shape index (κ2) is 7.76. The number of hydrogen-bond donors (Lipinski definition) is 1. The Kier molecular flexibility index (Phi) is 6.01. The first-order valence-corrected chi connectivity index (χ1v) is 8.25. The molecule has 0 saturated carbocycles. The first kappa shape index (κ1) is 15.5. The van der Waals surface area contributed by atoms with Gasteiger partial charge in [-0.1, -0.05) is 13.0 Å². The van der Waals surface area contributed by atoms with Gasteiger partial charge in [0.1, 0.15) is 0 Å². The van der Waals surface area contributed by atoms with Crippen molar-refractivity contribution in [2.75, 3.05) is 19.7 Å². The Balaban J connectivity index is 2.03. The number of hydrogen-bond acceptors (Lipinski definition) is 4. The SMILES string of the molecule is CCC(CN)C(=O)N(Cc1cccs1)CC1CCCO1. The van der Waals surface area contributed by atoms with Crippen molar-refractivity contribution >= 4 is 17.2 Å². The van der Waals surface area contributed by atoms with Crippen LogP contribution in [-0.2, 0) is 16.1 Å². The summed E-state index contributed by atoms with van der Waals surface area (Å²) in [6.07, 6.45) is 3.13. The molecule has 4 nitrogen and oxygen atoms in total. The molecular weight excluding hydrogens is 272 g/mol. The number of nitrogens with two attached hydrogens (primary N) is 1. The van der Waals surface area contributed by atoms with E-state index in [9.17, 15) is 4.79 Å². The van der Waals surface area contributed by atoms with Crippen LogP contribution in [-0.4, -0.2) is 36.6 Å². The van der Waals surface area contributed by atoms with E-state index in [1.54, 1.807) is 11.3 Å². The van der Waals surface area contributed by atoms with E-state index >= 15 is 0 Å². The molecule has 1 amide bonds. The Morgan fingerprint density at radius 1 is 1.65 bits per heavy atom. The van der Waals surface area contributed by atoms with Crippen LogP contribution >= 0.6 is 11.3 Å². The lowest BCUT2D eigenvalue weighted by Gasteiger charge is -2.28. The van der Waals surface area contributed by atoms with Gasteiger partial charge in [-0.05, 0) is 30.7 Å². The zero-order valence-electron chi connectivity index (χ0n) is 12.1. The minimum atomic E-state index is -0.0728. The summed E-state index contributed by atoms with van der Waals surface area (Å²) in [4.78, 5) is 15.8. The fraction of sp³-hybridized carbons (Fsp3) is 0.667. The van der Waals surface area contributed by atoms with Crippen LogP contribution in [0.1, 0.15) is 31.1 Å². The van der Waals surface area contributed by atoms with Gasteiger partial charge in [0.05, 0.1) is 18.6 Å². The molecule has 1 aromatic heterocycles. The molecule has 1 aromatic rings. The van der Waals surface area contributed by atoms with Gasteiger partial charge >= 0.3 is 0 Å². The first-order valence-electron chi connectivity index (χ1n) is 7.37. The minimum absolute atomic E-state index is 0.0728. The second-order valence-electron chi connectivity index (χ2n) is 5.27. The molecule has 1 aliphatic rings. The van der Waals surface area contributed by atoms with Gasteiger partial charge in [-0.3, -0.25) is 4.79 Å². The van der Waals surface area contributed by atoms with Crippen molar-refractivity contribution < 1.29 is 9.53 Å². The van der Waals surface area contributed by atoms with Crippen LogP contribution in [0.2, 0.25) is 0 Å². The van der Waals surface area contributed by atoms with E-state index in [-0.39, 0.29) is 17.9 Å². The van der Waals surface area contributed by atoms with Crippen molar-refractivity contribution in [3.05, 3.63) is 22.4 Å². The average Bonchev–Trinajstić information content (AvgIpc) is 3.12. The monoisotopic (exact) mass is 296 g/mol. The minimum Gasteiger partial charge on any atom is -0.376 e. The summed E-state index contributed by atoms with van der Waals surface area (Å²) >= 11 is 1.69. The van der Waals surface area contributed by atoms with Crippen LogP contribution in [0, 0.1) is 5.92 Å². The Labute approximate surface area is 124 Å². The Hall–Kier alpha value is -0.910. The Morgan fingerprint density at radius 2 is 2.50 bits per heavy atom. The summed E-state index contributed by atoms with van der Waals surface area (Å²) in [5, 5.41) is 2.05. The molecule has 1 fully saturated rings. The van der Waals surface area contributed by atoms with Gasteiger partial charge in [-0.2, -0.15) is 0 Å². The van der Waals surface area contributed by atoms with Crippen molar-refractivity contribution in [1.82, 2.24) is 4.90 Å². The number of rotatable bonds is 7. The Morgan fingerprint density at radius 3 is 3.05 bits per heavy atom. The van der Waals surface area contributed by atoms with Crippen molar-refractivity contribution in [2.24, 2.45) is 11.7 Å². The lowest BCUT2D eigenvalue weighted by molar-refractivity contribution is -0.137. The van der Waals surface area contributed by atoms with Gasteiger partial charge < -0.3 is 15.4 Å². The molecule has 1 aliphatic heterocycles. The number of nitrogens with zero attached hydrogens (tertiary/aromatic N) is 1. The van der Waals surface area contributed by atoms with Crippen LogP contribution in [0.15, 0.2) is 17.5 Å². The van der Waals surface area contributed by atoms with Crippen molar-refractivity contribution in [3.8, 4) is 0 Å². The zero-order valence-corrected chi connectivity index (χ0v) is 12.9. The highest BCUT2D eigenvalue weighted by molar-refractivity contribution is 7.09. The van der Waals surface area contributed by atoms with Gasteiger partial charge in [0.25, 0.3) is 0 Å². The van der Waals surface area contributed by atoms with Crippen LogP contribution in [0.5, 0.6) is 0 Å². The zero-order chi connectivity index (χ0) is 14.4. The molecule has 2 atom stereocenters. The molecule has 2 N–H and O–H groups in total. The number of carbonyl (C=O) groups excluding carboxylic acids is 1. The maximum Gasteiger partial charge on any atom is 0.227 e. The summed E-state index contributed by atoms with van der Waals surface area (Å²) in [7, 11) is 0. The maximum absolute atomic E-state index is 12.6. The summed E-state index contributed by atoms with van der Waals surface area (Å²) in [6, 6.07) is 4.10. The number of ether oxygens (including phenoxy) is 1. The lowest BCUT2D eigenvalue weighted by Crippen LogP contribution is -2.42. The summed E-state index contributed by atoms with van der Waals surface area (Å²) < 4.78 is 5.68. The highest BCUT2D eigenvalue weighted by atomic mass is 32.1. The van der Waals surface area contributed by atoms with E-state index in [1.807, 2.05) is 23.3 Å². The summed E-state index contributed by atoms with van der Waals surface area (Å²) in [5.41, 5.74) is 5.73. The lowest BCUT2D eigenvalue weighted by atomic mass is 10.0. The van der Waals surface area contributed by atoms with Crippen molar-refractivity contribution in [3.63, 3.8) is 0 Å². The largest absolute Gasteiger partial charge is 0.376 e. The fourth-order valence-corrected chi connectivity index (χ4v) is 3.28. The topological polar surface area (TPSA) is 55.6 Å². The Bertz CT molecular complexity index is 398. The van der Waals surface area contributed by atoms with E-state index in [4.69, 9.17) is 10.5 Å². The standard InChI is InChI=1S/C15H24N2O2S/c1-2-12(9-16)15(18)17(10-13-5-3-7-19-13)11-14-6-4-8-20-14/h4,6,8,12-13H,2-3,5,7,9-11,16H2,1H3. The average molecular weight is 296 g/mol. The van der Waals surface area contributed by atoms with E-state index in [1.165, 1.54) is 4.88 Å². The quantitative estimate of drug-likeness (QED) is 0.839. The normalized spacial score (nSPS) is 20.0. The molecular formula is C15H24N2O2S. The number of amides is 1. The van der Waals surface area contributed by atoms with Gasteiger partial charge in [-0.25, -0.2) is 0 Å². The molecule has 20 heavy (non-hydrogen) atoms. The molecule has 0 aliphatic carbocycles. The predicted molar refractivity (Wildman–Crippen MR) is 81.5 cm³/mol. The van der Waals surface area contributed by atoms with Gasteiger partial charge in [0.15, 0.2) is 0 Å². The molecule has 0 radical (unpaired) electrons. The third kappa shape index (κ3) is 4.04. The van der Waals surface area contributed by atoms with Crippen LogP contribution in [0.3, 0.4) is 0 Å². The van der Waals surface area contributed by atoms with Crippen molar-refractivity contribution in [2.45, 2.75) is 38.8 Å². The molecule has 2 unspecified atom stereocenters. The molecule has 0 aromatic carbocycles. The first-order chi connectivity index (χ1) is 9.74. The van der Waals surface area contributed by atoms with E-state index < -0.39 is 0 Å². The fourth-order valence-electron chi connectivity index (χ4n) is 2.56. The molecule has 0 spiro atoms. The molecule has 2 rings (SSSR count). The predicted octanol–water partition coefficient (Wildman–Crippen LogP) is 2.24. The maximum atomic E-state index is 12.6. The van der Waals surface area contributed by atoms with E-state index in [2.05, 4.69) is 6.07 Å². The van der Waals surface area contributed by atoms with Gasteiger partial charge in [0.2, 0.25) is 5.91 Å². The van der Waals surface area contributed by atoms with Crippen LogP contribution < -0.4 is 5.73 Å². The molecule has 0 bridgehead atoms. The van der Waals surface area contributed by atoms with Crippen molar-refractivity contribution in [1.29, 1.82) is 0 Å². The number of thiophene rings is 1. The molecule has 112 valence electrons. The smallest absolute Gasteiger partial charge is 0.227 e. The summed E-state index contributed by atoms with van der Waals surface area (Å²) in [5.74, 6) is 0.0928.